The van der Waals surface area contributed by atoms with E-state index in [2.05, 4.69) is 4.98 Å². The summed E-state index contributed by atoms with van der Waals surface area (Å²) in [6, 6.07) is 30.1. The number of aromatic nitrogens is 1. The summed E-state index contributed by atoms with van der Waals surface area (Å²) in [5, 5.41) is 12.2. The lowest BCUT2D eigenvalue weighted by molar-refractivity contribution is -0.132. The standard InChI is InChI=1S/C31H21ClN2O4S/c32-22-13-16-24-25(17-22)39-31(33-24)34-27(26(29(36)30(34)37)28(35)21-9-5-2-6-10-21)20-11-14-23(15-12-20)38-18-19-7-3-1-4-8-19/h1-17,27,35H,18H2. The number of aliphatic hydroxyl groups is 1. The first-order valence-corrected chi connectivity index (χ1v) is 13.4. The summed E-state index contributed by atoms with van der Waals surface area (Å²) >= 11 is 7.43. The molecule has 0 radical (unpaired) electrons. The van der Waals surface area contributed by atoms with Crippen molar-refractivity contribution in [2.75, 3.05) is 4.90 Å². The van der Waals surface area contributed by atoms with Gasteiger partial charge in [-0.2, -0.15) is 0 Å². The summed E-state index contributed by atoms with van der Waals surface area (Å²) in [7, 11) is 0. The maximum absolute atomic E-state index is 13.5. The molecule has 0 saturated carbocycles. The minimum absolute atomic E-state index is 0.00134. The molecule has 1 N–H and O–H groups in total. The molecule has 1 amide bonds. The van der Waals surface area contributed by atoms with Crippen molar-refractivity contribution in [2.24, 2.45) is 0 Å². The van der Waals surface area contributed by atoms with E-state index in [-0.39, 0.29) is 11.3 Å². The molecule has 39 heavy (non-hydrogen) atoms. The van der Waals surface area contributed by atoms with Gasteiger partial charge < -0.3 is 9.84 Å². The van der Waals surface area contributed by atoms with Gasteiger partial charge in [0.25, 0.3) is 5.78 Å². The summed E-state index contributed by atoms with van der Waals surface area (Å²) in [4.78, 5) is 32.8. The molecule has 192 valence electrons. The van der Waals surface area contributed by atoms with E-state index >= 15 is 0 Å². The number of halogens is 1. The first kappa shape index (κ1) is 24.9. The van der Waals surface area contributed by atoms with Gasteiger partial charge >= 0.3 is 5.91 Å². The minimum atomic E-state index is -0.885. The van der Waals surface area contributed by atoms with E-state index in [0.717, 1.165) is 10.3 Å². The van der Waals surface area contributed by atoms with Gasteiger partial charge in [-0.25, -0.2) is 4.98 Å². The smallest absolute Gasteiger partial charge is 0.301 e. The molecule has 1 aromatic heterocycles. The number of hydrogen-bond acceptors (Lipinski definition) is 6. The fourth-order valence-corrected chi connectivity index (χ4v) is 5.84. The zero-order valence-corrected chi connectivity index (χ0v) is 22.0. The average molecular weight is 553 g/mol. The molecule has 4 aromatic carbocycles. The number of fused-ring (bicyclic) bond motifs is 1. The van der Waals surface area contributed by atoms with Crippen LogP contribution in [-0.4, -0.2) is 21.8 Å². The summed E-state index contributed by atoms with van der Waals surface area (Å²) in [6.45, 7) is 0.404. The van der Waals surface area contributed by atoms with Crippen LogP contribution in [0.1, 0.15) is 22.7 Å². The second kappa shape index (κ2) is 10.4. The quantitative estimate of drug-likeness (QED) is 0.137. The molecular formula is C31H21ClN2O4S. The van der Waals surface area contributed by atoms with E-state index in [9.17, 15) is 14.7 Å². The van der Waals surface area contributed by atoms with Crippen molar-refractivity contribution < 1.29 is 19.4 Å². The van der Waals surface area contributed by atoms with Crippen LogP contribution in [0.2, 0.25) is 5.02 Å². The number of aliphatic hydroxyl groups excluding tert-OH is 1. The van der Waals surface area contributed by atoms with Crippen molar-refractivity contribution >= 4 is 55.7 Å². The molecule has 0 aliphatic carbocycles. The van der Waals surface area contributed by atoms with Gasteiger partial charge in [-0.3, -0.25) is 14.5 Å². The Morgan fingerprint density at radius 1 is 0.923 bits per heavy atom. The van der Waals surface area contributed by atoms with Crippen molar-refractivity contribution in [3.8, 4) is 5.75 Å². The SMILES string of the molecule is O=C1C(=O)N(c2nc3ccc(Cl)cc3s2)C(c2ccc(OCc3ccccc3)cc2)C1=C(O)c1ccccc1. The van der Waals surface area contributed by atoms with E-state index < -0.39 is 17.7 Å². The third-order valence-electron chi connectivity index (χ3n) is 6.48. The number of amides is 1. The lowest BCUT2D eigenvalue weighted by Crippen LogP contribution is -2.29. The van der Waals surface area contributed by atoms with Crippen LogP contribution in [0, 0.1) is 0 Å². The second-order valence-corrected chi connectivity index (χ2v) is 10.4. The van der Waals surface area contributed by atoms with Crippen LogP contribution in [0.15, 0.2) is 109 Å². The molecule has 1 unspecified atom stereocenters. The van der Waals surface area contributed by atoms with E-state index in [4.69, 9.17) is 16.3 Å². The summed E-state index contributed by atoms with van der Waals surface area (Å²) < 4.78 is 6.71. The first-order chi connectivity index (χ1) is 19.0. The average Bonchev–Trinajstić information content (AvgIpc) is 3.50. The molecule has 2 heterocycles. The Bertz CT molecular complexity index is 1720. The van der Waals surface area contributed by atoms with Crippen molar-refractivity contribution in [1.82, 2.24) is 4.98 Å². The zero-order chi connectivity index (χ0) is 26.9. The first-order valence-electron chi connectivity index (χ1n) is 12.2. The lowest BCUT2D eigenvalue weighted by atomic mass is 9.95. The van der Waals surface area contributed by atoms with Crippen LogP contribution in [0.25, 0.3) is 16.0 Å². The topological polar surface area (TPSA) is 79.7 Å². The van der Waals surface area contributed by atoms with Gasteiger partial charge in [0.1, 0.15) is 18.1 Å². The molecule has 1 aliphatic heterocycles. The number of Topliss-reactive ketones (excluding diaryl/α,β-unsaturated/α-hetero) is 1. The van der Waals surface area contributed by atoms with Crippen LogP contribution in [0.4, 0.5) is 5.13 Å². The highest BCUT2D eigenvalue weighted by Crippen LogP contribution is 2.44. The highest BCUT2D eigenvalue weighted by Gasteiger charge is 2.48. The van der Waals surface area contributed by atoms with Gasteiger partial charge in [0, 0.05) is 10.6 Å². The zero-order valence-electron chi connectivity index (χ0n) is 20.5. The molecule has 6 rings (SSSR count). The van der Waals surface area contributed by atoms with Gasteiger partial charge in [-0.15, -0.1) is 0 Å². The number of thiazole rings is 1. The van der Waals surface area contributed by atoms with Crippen molar-refractivity contribution in [2.45, 2.75) is 12.6 Å². The molecule has 1 fully saturated rings. The minimum Gasteiger partial charge on any atom is -0.507 e. The van der Waals surface area contributed by atoms with Crippen molar-refractivity contribution in [3.05, 3.63) is 130 Å². The molecule has 0 spiro atoms. The van der Waals surface area contributed by atoms with E-state index in [1.165, 1.54) is 16.2 Å². The molecule has 5 aromatic rings. The number of benzene rings is 4. The number of hydrogen-bond donors (Lipinski definition) is 1. The Morgan fingerprint density at radius 2 is 1.62 bits per heavy atom. The van der Waals surface area contributed by atoms with E-state index in [1.807, 2.05) is 36.4 Å². The molecule has 6 nitrogen and oxygen atoms in total. The Balaban J connectivity index is 1.42. The number of nitrogens with zero attached hydrogens (tertiary/aromatic N) is 2. The summed E-state index contributed by atoms with van der Waals surface area (Å²) in [5.41, 5.74) is 2.78. The molecule has 8 heteroatoms. The highest BCUT2D eigenvalue weighted by molar-refractivity contribution is 7.22. The highest BCUT2D eigenvalue weighted by atomic mass is 35.5. The van der Waals surface area contributed by atoms with Crippen molar-refractivity contribution in [1.29, 1.82) is 0 Å². The molecular weight excluding hydrogens is 532 g/mol. The van der Waals surface area contributed by atoms with Crippen LogP contribution < -0.4 is 9.64 Å². The monoisotopic (exact) mass is 552 g/mol. The predicted molar refractivity (Wildman–Crippen MR) is 153 cm³/mol. The van der Waals surface area contributed by atoms with Crippen LogP contribution in [-0.2, 0) is 16.2 Å². The molecule has 0 bridgehead atoms. The Morgan fingerprint density at radius 3 is 2.33 bits per heavy atom. The number of carbonyl (C=O) groups is 2. The number of carbonyl (C=O) groups excluding carboxylic acids is 2. The summed E-state index contributed by atoms with van der Waals surface area (Å²) in [6.07, 6.45) is 0. The lowest BCUT2D eigenvalue weighted by Gasteiger charge is -2.23. The Kier molecular flexibility index (Phi) is 6.60. The van der Waals surface area contributed by atoms with Gasteiger partial charge in [-0.1, -0.05) is 95.7 Å². The van der Waals surface area contributed by atoms with Crippen LogP contribution >= 0.6 is 22.9 Å². The van der Waals surface area contributed by atoms with Gasteiger partial charge in [0.05, 0.1) is 21.8 Å². The molecule has 1 saturated heterocycles. The second-order valence-electron chi connectivity index (χ2n) is 8.99. The normalized spacial score (nSPS) is 16.6. The fourth-order valence-electron chi connectivity index (χ4n) is 4.57. The van der Waals surface area contributed by atoms with Crippen LogP contribution in [0.3, 0.4) is 0 Å². The molecule has 1 aliphatic rings. The largest absolute Gasteiger partial charge is 0.507 e. The van der Waals surface area contributed by atoms with Gasteiger partial charge in [0.15, 0.2) is 5.13 Å². The van der Waals surface area contributed by atoms with Crippen LogP contribution in [0.5, 0.6) is 5.75 Å². The van der Waals surface area contributed by atoms with E-state index in [1.54, 1.807) is 66.7 Å². The summed E-state index contributed by atoms with van der Waals surface area (Å²) in [5.74, 6) is -1.14. The maximum Gasteiger partial charge on any atom is 0.301 e. The number of rotatable bonds is 6. The van der Waals surface area contributed by atoms with Gasteiger partial charge in [-0.05, 0) is 41.5 Å². The Labute approximate surface area is 233 Å². The molecule has 1 atom stereocenters. The third kappa shape index (κ3) is 4.78. The number of ether oxygens (including phenoxy) is 1. The number of anilines is 1. The predicted octanol–water partition coefficient (Wildman–Crippen LogP) is 7.16. The van der Waals surface area contributed by atoms with Gasteiger partial charge in [0.2, 0.25) is 0 Å². The van der Waals surface area contributed by atoms with Crippen molar-refractivity contribution in [3.63, 3.8) is 0 Å². The maximum atomic E-state index is 13.5. The van der Waals surface area contributed by atoms with E-state index in [0.29, 0.717) is 39.2 Å². The Hall–Kier alpha value is -4.46. The third-order valence-corrected chi connectivity index (χ3v) is 7.73. The fraction of sp³-hybridized carbons (Fsp3) is 0.0645. The number of ketones is 1.